The van der Waals surface area contributed by atoms with Gasteiger partial charge in [0, 0.05) is 23.3 Å². The maximum absolute atomic E-state index is 12.1. The normalized spacial score (nSPS) is 10.4. The first kappa shape index (κ1) is 11.4. The summed E-state index contributed by atoms with van der Waals surface area (Å²) in [6.07, 6.45) is 1.84. The summed E-state index contributed by atoms with van der Waals surface area (Å²) in [4.78, 5) is 12.1. The van der Waals surface area contributed by atoms with Gasteiger partial charge < -0.3 is 4.57 Å². The molecule has 0 saturated carbocycles. The quantitative estimate of drug-likeness (QED) is 0.775. The van der Waals surface area contributed by atoms with Gasteiger partial charge in [-0.2, -0.15) is 0 Å². The number of carbonyl (C=O) groups is 1. The Morgan fingerprint density at radius 1 is 1.38 bits per heavy atom. The smallest absolute Gasteiger partial charge is 0.209 e. The van der Waals surface area contributed by atoms with Gasteiger partial charge in [-0.1, -0.05) is 11.6 Å². The third kappa shape index (κ3) is 2.06. The number of halogens is 2. The van der Waals surface area contributed by atoms with Gasteiger partial charge in [0.05, 0.1) is 10.7 Å². The highest BCUT2D eigenvalue weighted by molar-refractivity contribution is 9.10. The van der Waals surface area contributed by atoms with Gasteiger partial charge in [0.2, 0.25) is 5.78 Å². The van der Waals surface area contributed by atoms with Crippen molar-refractivity contribution in [2.24, 2.45) is 7.05 Å². The van der Waals surface area contributed by atoms with Crippen molar-refractivity contribution < 1.29 is 4.79 Å². The monoisotopic (exact) mass is 297 g/mol. The fraction of sp³-hybridized carbons (Fsp3) is 0.0833. The summed E-state index contributed by atoms with van der Waals surface area (Å²) in [7, 11) is 1.84. The summed E-state index contributed by atoms with van der Waals surface area (Å²) in [5.41, 5.74) is 1.24. The van der Waals surface area contributed by atoms with E-state index in [4.69, 9.17) is 11.6 Å². The van der Waals surface area contributed by atoms with E-state index in [0.29, 0.717) is 16.3 Å². The zero-order chi connectivity index (χ0) is 11.7. The van der Waals surface area contributed by atoms with Crippen LogP contribution in [0.25, 0.3) is 0 Å². The van der Waals surface area contributed by atoms with E-state index in [9.17, 15) is 4.79 Å². The van der Waals surface area contributed by atoms with Gasteiger partial charge in [-0.15, -0.1) is 0 Å². The van der Waals surface area contributed by atoms with E-state index in [1.54, 1.807) is 28.8 Å². The molecule has 1 heterocycles. The molecule has 0 amide bonds. The zero-order valence-electron chi connectivity index (χ0n) is 8.58. The molecule has 0 atom stereocenters. The first-order valence-electron chi connectivity index (χ1n) is 4.70. The van der Waals surface area contributed by atoms with Crippen LogP contribution in [0, 0.1) is 0 Å². The highest BCUT2D eigenvalue weighted by Gasteiger charge is 2.12. The van der Waals surface area contributed by atoms with E-state index in [2.05, 4.69) is 15.9 Å². The molecule has 16 heavy (non-hydrogen) atoms. The molecule has 0 bridgehead atoms. The van der Waals surface area contributed by atoms with Crippen LogP contribution in [0.1, 0.15) is 16.1 Å². The molecular formula is C12H9BrClNO. The maximum Gasteiger partial charge on any atom is 0.209 e. The standard InChI is InChI=1S/C12H9BrClNO/c1-15-6-2-3-11(15)12(16)8-4-5-9(13)10(14)7-8/h2-7H,1H3. The zero-order valence-corrected chi connectivity index (χ0v) is 10.9. The molecule has 2 rings (SSSR count). The minimum absolute atomic E-state index is 0.0260. The minimum atomic E-state index is -0.0260. The second-order valence-corrected chi connectivity index (χ2v) is 4.72. The molecular weight excluding hydrogens is 289 g/mol. The molecule has 2 aromatic rings. The lowest BCUT2D eigenvalue weighted by molar-refractivity contribution is 0.103. The molecule has 1 aromatic heterocycles. The van der Waals surface area contributed by atoms with Gasteiger partial charge in [0.1, 0.15) is 0 Å². The molecule has 0 aliphatic carbocycles. The van der Waals surface area contributed by atoms with Crippen LogP contribution < -0.4 is 0 Å². The Morgan fingerprint density at radius 3 is 2.69 bits per heavy atom. The third-order valence-corrected chi connectivity index (χ3v) is 3.59. The number of hydrogen-bond donors (Lipinski definition) is 0. The molecule has 0 aliphatic rings. The maximum atomic E-state index is 12.1. The fourth-order valence-corrected chi connectivity index (χ4v) is 1.91. The van der Waals surface area contributed by atoms with Crippen molar-refractivity contribution in [2.45, 2.75) is 0 Å². The lowest BCUT2D eigenvalue weighted by Crippen LogP contribution is -2.06. The molecule has 82 valence electrons. The highest BCUT2D eigenvalue weighted by Crippen LogP contribution is 2.24. The molecule has 2 nitrogen and oxygen atoms in total. The van der Waals surface area contributed by atoms with Crippen LogP contribution in [0.5, 0.6) is 0 Å². The van der Waals surface area contributed by atoms with Crippen molar-refractivity contribution in [3.63, 3.8) is 0 Å². The van der Waals surface area contributed by atoms with E-state index in [0.717, 1.165) is 4.47 Å². The lowest BCUT2D eigenvalue weighted by atomic mass is 10.1. The Balaban J connectivity index is 2.42. The average Bonchev–Trinajstić information content (AvgIpc) is 2.67. The molecule has 0 unspecified atom stereocenters. The Hall–Kier alpha value is -1.06. The van der Waals surface area contributed by atoms with Gasteiger partial charge in [0.15, 0.2) is 0 Å². The summed E-state index contributed by atoms with van der Waals surface area (Å²) in [6, 6.07) is 8.83. The Morgan fingerprint density at radius 2 is 2.12 bits per heavy atom. The number of ketones is 1. The Kier molecular flexibility index (Phi) is 3.17. The number of nitrogens with zero attached hydrogens (tertiary/aromatic N) is 1. The molecule has 1 aromatic carbocycles. The van der Waals surface area contributed by atoms with Crippen LogP contribution in [-0.2, 0) is 7.05 Å². The topological polar surface area (TPSA) is 22.0 Å². The minimum Gasteiger partial charge on any atom is -0.348 e. The summed E-state index contributed by atoms with van der Waals surface area (Å²) < 4.78 is 2.58. The van der Waals surface area contributed by atoms with Crippen LogP contribution in [0.3, 0.4) is 0 Å². The Bertz CT molecular complexity index is 548. The number of aryl methyl sites for hydroxylation is 1. The second-order valence-electron chi connectivity index (χ2n) is 3.46. The van der Waals surface area contributed by atoms with Crippen LogP contribution in [-0.4, -0.2) is 10.4 Å². The molecule has 4 heteroatoms. The van der Waals surface area contributed by atoms with Crippen LogP contribution in [0.2, 0.25) is 5.02 Å². The van der Waals surface area contributed by atoms with Crippen molar-refractivity contribution in [2.75, 3.05) is 0 Å². The summed E-state index contributed by atoms with van der Waals surface area (Å²) >= 11 is 9.25. The second kappa shape index (κ2) is 4.44. The fourth-order valence-electron chi connectivity index (χ4n) is 1.48. The summed E-state index contributed by atoms with van der Waals surface area (Å²) in [6.45, 7) is 0. The van der Waals surface area contributed by atoms with Crippen LogP contribution in [0.15, 0.2) is 41.0 Å². The molecule has 0 aliphatic heterocycles. The lowest BCUT2D eigenvalue weighted by Gasteiger charge is -2.04. The van der Waals surface area contributed by atoms with Gasteiger partial charge in [-0.05, 0) is 46.3 Å². The predicted molar refractivity (Wildman–Crippen MR) is 68.0 cm³/mol. The highest BCUT2D eigenvalue weighted by atomic mass is 79.9. The first-order valence-corrected chi connectivity index (χ1v) is 5.88. The number of hydrogen-bond acceptors (Lipinski definition) is 1. The van der Waals surface area contributed by atoms with Gasteiger partial charge in [-0.3, -0.25) is 4.79 Å². The molecule has 0 radical (unpaired) electrons. The number of aromatic nitrogens is 1. The molecule has 0 fully saturated rings. The van der Waals surface area contributed by atoms with Crippen molar-refractivity contribution in [3.05, 3.63) is 57.3 Å². The SMILES string of the molecule is Cn1cccc1C(=O)c1ccc(Br)c(Cl)c1. The van der Waals surface area contributed by atoms with Crippen molar-refractivity contribution in [1.29, 1.82) is 0 Å². The van der Waals surface area contributed by atoms with Gasteiger partial charge in [0.25, 0.3) is 0 Å². The van der Waals surface area contributed by atoms with Gasteiger partial charge >= 0.3 is 0 Å². The molecule has 0 N–H and O–H groups in total. The summed E-state index contributed by atoms with van der Waals surface area (Å²) in [5.74, 6) is -0.0260. The predicted octanol–water partition coefficient (Wildman–Crippen LogP) is 3.67. The van der Waals surface area contributed by atoms with Crippen molar-refractivity contribution in [3.8, 4) is 0 Å². The molecule has 0 saturated heterocycles. The van der Waals surface area contributed by atoms with Crippen molar-refractivity contribution in [1.82, 2.24) is 4.57 Å². The van der Waals surface area contributed by atoms with Crippen LogP contribution >= 0.6 is 27.5 Å². The van der Waals surface area contributed by atoms with E-state index >= 15 is 0 Å². The Labute approximate surface area is 107 Å². The number of rotatable bonds is 2. The van der Waals surface area contributed by atoms with E-state index < -0.39 is 0 Å². The number of benzene rings is 1. The van der Waals surface area contributed by atoms with E-state index in [1.165, 1.54) is 0 Å². The van der Waals surface area contributed by atoms with Gasteiger partial charge in [-0.25, -0.2) is 0 Å². The van der Waals surface area contributed by atoms with Crippen LogP contribution in [0.4, 0.5) is 0 Å². The number of carbonyl (C=O) groups excluding carboxylic acids is 1. The van der Waals surface area contributed by atoms with E-state index in [-0.39, 0.29) is 5.78 Å². The largest absolute Gasteiger partial charge is 0.348 e. The molecule has 0 spiro atoms. The first-order chi connectivity index (χ1) is 7.59. The third-order valence-electron chi connectivity index (χ3n) is 2.36. The average molecular weight is 299 g/mol. The summed E-state index contributed by atoms with van der Waals surface area (Å²) in [5, 5.41) is 0.542. The van der Waals surface area contributed by atoms with E-state index in [1.807, 2.05) is 19.3 Å². The van der Waals surface area contributed by atoms with Crippen molar-refractivity contribution >= 4 is 33.3 Å².